The highest BCUT2D eigenvalue weighted by Gasteiger charge is 2.44. The lowest BCUT2D eigenvalue weighted by Crippen LogP contribution is -2.22. The van der Waals surface area contributed by atoms with Crippen molar-refractivity contribution in [2.45, 2.75) is 19.9 Å². The molecule has 7 heteroatoms. The van der Waals surface area contributed by atoms with Crippen molar-refractivity contribution in [2.24, 2.45) is 0 Å². The predicted octanol–water partition coefficient (Wildman–Crippen LogP) is 5.63. The molecule has 0 aliphatic carbocycles. The zero-order valence-corrected chi connectivity index (χ0v) is 15.2. The van der Waals surface area contributed by atoms with Gasteiger partial charge in [0.25, 0.3) is 0 Å². The molecule has 1 aromatic rings. The molecule has 94 valence electrons. The van der Waals surface area contributed by atoms with Gasteiger partial charge in [-0.1, -0.05) is 18.2 Å². The Bertz CT molecular complexity index is 376. The first-order chi connectivity index (χ1) is 8.03. The molecule has 4 unspecified atom stereocenters. The molecule has 0 spiro atoms. The molecule has 0 amide bonds. The summed E-state index contributed by atoms with van der Waals surface area (Å²) in [5.41, 5.74) is 0. The van der Waals surface area contributed by atoms with Crippen molar-refractivity contribution in [3.63, 3.8) is 0 Å². The lowest BCUT2D eigenvalue weighted by atomic mass is 10.4. The third-order valence-electron chi connectivity index (χ3n) is 2.53. The van der Waals surface area contributed by atoms with Crippen LogP contribution >= 0.6 is 75.8 Å². The summed E-state index contributed by atoms with van der Waals surface area (Å²) in [5, 5.41) is 0. The van der Waals surface area contributed by atoms with Crippen molar-refractivity contribution in [1.82, 2.24) is 0 Å². The summed E-state index contributed by atoms with van der Waals surface area (Å²) in [6.07, 6.45) is 2.19. The molecule has 4 atom stereocenters. The van der Waals surface area contributed by atoms with Gasteiger partial charge in [0, 0.05) is 4.90 Å². The van der Waals surface area contributed by atoms with Gasteiger partial charge in [0.05, 0.1) is 8.55 Å². The van der Waals surface area contributed by atoms with Gasteiger partial charge >= 0.3 is 0 Å². The van der Waals surface area contributed by atoms with Gasteiger partial charge < -0.3 is 0 Å². The first kappa shape index (κ1) is 15.2. The normalized spacial score (nSPS) is 38.0. The van der Waals surface area contributed by atoms with Crippen LogP contribution in [-0.2, 0) is 0 Å². The topological polar surface area (TPSA) is 0 Å². The number of rotatable bonds is 2. The van der Waals surface area contributed by atoms with Crippen LogP contribution < -0.4 is 0 Å². The van der Waals surface area contributed by atoms with Crippen molar-refractivity contribution >= 4 is 75.8 Å². The highest BCUT2D eigenvalue weighted by molar-refractivity contribution is 8.59. The van der Waals surface area contributed by atoms with Crippen LogP contribution in [0.1, 0.15) is 6.42 Å². The smallest absolute Gasteiger partial charge is 0.0930 e. The van der Waals surface area contributed by atoms with E-state index in [9.17, 15) is 0 Å². The summed E-state index contributed by atoms with van der Waals surface area (Å²) in [5.74, 6) is 0. The molecule has 1 saturated heterocycles. The van der Waals surface area contributed by atoms with Crippen LogP contribution in [0, 0.1) is 0 Å². The summed E-state index contributed by atoms with van der Waals surface area (Å²) in [6, 6.07) is 10.4. The second-order valence-electron chi connectivity index (χ2n) is 3.76. The number of thioether (sulfide) groups is 1. The van der Waals surface area contributed by atoms with E-state index in [0.717, 1.165) is 12.6 Å². The zero-order valence-electron chi connectivity index (χ0n) is 8.97. The summed E-state index contributed by atoms with van der Waals surface area (Å²) < 4.78 is 0.238. The number of thiol groups is 4. The fourth-order valence-corrected chi connectivity index (χ4v) is 13.9. The quantitative estimate of drug-likeness (QED) is 0.302. The van der Waals surface area contributed by atoms with Crippen LogP contribution in [0.25, 0.3) is 0 Å². The summed E-state index contributed by atoms with van der Waals surface area (Å²) in [6.45, 7) is 0. The first-order valence-electron chi connectivity index (χ1n) is 5.11. The molecule has 1 aliphatic heterocycles. The highest BCUT2D eigenvalue weighted by atomic mass is 32.7. The maximum atomic E-state index is 4.90. The Morgan fingerprint density at radius 3 is 2.53 bits per heavy atom. The Morgan fingerprint density at radius 2 is 1.88 bits per heavy atom. The molecule has 0 saturated carbocycles. The van der Waals surface area contributed by atoms with Gasteiger partial charge in [0.1, 0.15) is 0 Å². The molecule has 0 aromatic heterocycles. The number of hydrogen-bond acceptors (Lipinski definition) is 5. The third-order valence-corrected chi connectivity index (χ3v) is 17.3. The maximum Gasteiger partial charge on any atom is 0.0930 e. The Hall–Kier alpha value is 1.83. The van der Waals surface area contributed by atoms with E-state index in [0.29, 0.717) is 4.73 Å². The second kappa shape index (κ2) is 6.52. The molecule has 0 nitrogen and oxygen atoms in total. The lowest BCUT2D eigenvalue weighted by molar-refractivity contribution is 1.00. The van der Waals surface area contributed by atoms with Gasteiger partial charge in [0.2, 0.25) is 0 Å². The molecule has 1 fully saturated rings. The third kappa shape index (κ3) is 3.68. The molecular weight excluding hydrogens is 342 g/mol. The van der Waals surface area contributed by atoms with E-state index in [4.69, 9.17) is 24.9 Å². The monoisotopic (exact) mass is 356 g/mol. The van der Waals surface area contributed by atoms with Crippen LogP contribution in [-0.4, -0.2) is 14.7 Å². The minimum atomic E-state index is -0.523. The molecular formula is C10H14P2S5. The van der Waals surface area contributed by atoms with Crippen LogP contribution in [0.5, 0.6) is 0 Å². The van der Waals surface area contributed by atoms with E-state index in [1.807, 2.05) is 17.8 Å². The summed E-state index contributed by atoms with van der Waals surface area (Å²) >= 11 is 20.8. The molecule has 1 aliphatic rings. The van der Waals surface area contributed by atoms with E-state index in [-0.39, 0.29) is 10.9 Å². The number of hydrogen-bond donors (Lipinski definition) is 4. The van der Waals surface area contributed by atoms with E-state index >= 15 is 0 Å². The van der Waals surface area contributed by atoms with Crippen LogP contribution in [0.2, 0.25) is 0 Å². The maximum absolute atomic E-state index is 4.90. The van der Waals surface area contributed by atoms with Gasteiger partial charge in [-0.2, -0.15) is 25.3 Å². The average Bonchev–Trinajstić information content (AvgIpc) is 2.34. The predicted molar refractivity (Wildman–Crippen MR) is 98.1 cm³/mol. The van der Waals surface area contributed by atoms with Crippen LogP contribution in [0.3, 0.4) is 0 Å². The minimum Gasteiger partial charge on any atom is -0.165 e. The molecule has 2 rings (SSSR count). The highest BCUT2D eigenvalue weighted by Crippen LogP contribution is 2.79. The Labute approximate surface area is 131 Å². The Morgan fingerprint density at radius 1 is 1.24 bits per heavy atom. The van der Waals surface area contributed by atoms with Crippen molar-refractivity contribution in [3.05, 3.63) is 30.3 Å². The van der Waals surface area contributed by atoms with Gasteiger partial charge in [-0.25, -0.2) is 0 Å². The van der Waals surface area contributed by atoms with E-state index in [1.54, 1.807) is 0 Å². The minimum absolute atomic E-state index is 0.0756. The van der Waals surface area contributed by atoms with E-state index in [1.165, 1.54) is 4.90 Å². The van der Waals surface area contributed by atoms with E-state index in [2.05, 4.69) is 49.1 Å². The van der Waals surface area contributed by atoms with Crippen molar-refractivity contribution in [2.75, 3.05) is 6.16 Å². The first-order valence-corrected chi connectivity index (χ1v) is 12.2. The van der Waals surface area contributed by atoms with Crippen LogP contribution in [0.15, 0.2) is 35.2 Å². The van der Waals surface area contributed by atoms with Crippen LogP contribution in [0.4, 0.5) is 0 Å². The van der Waals surface area contributed by atoms with Crippen molar-refractivity contribution in [1.29, 1.82) is 0 Å². The molecule has 0 N–H and O–H groups in total. The Balaban J connectivity index is 2.14. The Kier molecular flexibility index (Phi) is 5.84. The number of benzene rings is 1. The molecule has 0 radical (unpaired) electrons. The van der Waals surface area contributed by atoms with E-state index < -0.39 is 7.12 Å². The molecule has 1 heterocycles. The molecule has 17 heavy (non-hydrogen) atoms. The molecule has 1 aromatic carbocycles. The SMILES string of the molecule is SC1P(S)CCC(S)(Sc2ccccc2)P1S. The zero-order chi connectivity index (χ0) is 12.5. The lowest BCUT2D eigenvalue weighted by Gasteiger charge is -2.43. The van der Waals surface area contributed by atoms with Gasteiger partial charge in [-0.05, 0) is 39.0 Å². The van der Waals surface area contributed by atoms with Gasteiger partial charge in [-0.15, -0.1) is 36.3 Å². The van der Waals surface area contributed by atoms with Crippen molar-refractivity contribution < 1.29 is 0 Å². The molecule has 0 bridgehead atoms. The fraction of sp³-hybridized carbons (Fsp3) is 0.400. The van der Waals surface area contributed by atoms with Gasteiger partial charge in [-0.3, -0.25) is 0 Å². The van der Waals surface area contributed by atoms with Crippen molar-refractivity contribution in [3.8, 4) is 0 Å². The van der Waals surface area contributed by atoms with Gasteiger partial charge in [0.15, 0.2) is 0 Å². The summed E-state index contributed by atoms with van der Waals surface area (Å²) in [7, 11) is -0.800. The fourth-order valence-electron chi connectivity index (χ4n) is 1.57. The summed E-state index contributed by atoms with van der Waals surface area (Å²) in [4.78, 5) is 1.26. The second-order valence-corrected chi connectivity index (χ2v) is 15.2. The standard InChI is InChI=1S/C10H14P2S5/c13-9-11(15)7-6-10(14,12(9)16)17-8-4-2-1-3-5-8/h1-5,9,13-16H,6-7H2. The largest absolute Gasteiger partial charge is 0.165 e. The average molecular weight is 357 g/mol.